The largest absolute Gasteiger partial charge is 0.490 e. The normalized spacial score (nSPS) is 26.4. The average molecular weight is 400 g/mol. The van der Waals surface area contributed by atoms with Crippen molar-refractivity contribution in [2.45, 2.75) is 44.2 Å². The third-order valence-corrected chi connectivity index (χ3v) is 5.42. The minimum absolute atomic E-state index is 0. The smallest absolute Gasteiger partial charge is 0.311 e. The highest BCUT2D eigenvalue weighted by atomic mass is 35.5. The molecule has 1 aromatic rings. The molecule has 0 radical (unpaired) electrons. The zero-order valence-corrected chi connectivity index (χ0v) is 16.1. The molecule has 1 aromatic carbocycles. The van der Waals surface area contributed by atoms with E-state index in [9.17, 15) is 14.9 Å². The quantitative estimate of drug-likeness (QED) is 0.560. The van der Waals surface area contributed by atoms with Crippen molar-refractivity contribution >= 4 is 24.0 Å². The molecule has 2 saturated carbocycles. The molecule has 27 heavy (non-hydrogen) atoms. The van der Waals surface area contributed by atoms with Gasteiger partial charge < -0.3 is 20.5 Å². The first-order valence-corrected chi connectivity index (χ1v) is 8.98. The summed E-state index contributed by atoms with van der Waals surface area (Å²) in [5.41, 5.74) is 5.97. The van der Waals surface area contributed by atoms with Gasteiger partial charge in [-0.1, -0.05) is 6.42 Å². The Kier molecular flexibility index (Phi) is 7.26. The number of methoxy groups -OCH3 is 1. The van der Waals surface area contributed by atoms with Gasteiger partial charge in [0.15, 0.2) is 6.61 Å². The fraction of sp³-hybridized carbons (Fsp3) is 0.611. The van der Waals surface area contributed by atoms with Crippen LogP contribution in [0, 0.1) is 22.0 Å². The van der Waals surface area contributed by atoms with Crippen molar-refractivity contribution in [1.82, 2.24) is 5.32 Å². The second kappa shape index (κ2) is 9.23. The maximum absolute atomic E-state index is 12.3. The highest BCUT2D eigenvalue weighted by Crippen LogP contribution is 2.39. The third-order valence-electron chi connectivity index (χ3n) is 5.42. The Labute approximate surface area is 164 Å². The zero-order chi connectivity index (χ0) is 18.7. The van der Waals surface area contributed by atoms with E-state index in [1.807, 2.05) is 0 Å². The molecule has 150 valence electrons. The number of nitrogens with one attached hydrogen (secondary N) is 1. The number of hydrogen-bond donors (Lipinski definition) is 2. The Morgan fingerprint density at radius 3 is 2.59 bits per heavy atom. The van der Waals surface area contributed by atoms with Crippen LogP contribution >= 0.6 is 12.4 Å². The van der Waals surface area contributed by atoms with E-state index < -0.39 is 4.92 Å². The number of carbonyl (C=O) groups is 1. The van der Waals surface area contributed by atoms with Crippen LogP contribution < -0.4 is 20.5 Å². The van der Waals surface area contributed by atoms with Gasteiger partial charge in [0.05, 0.1) is 12.0 Å². The number of benzene rings is 1. The summed E-state index contributed by atoms with van der Waals surface area (Å²) in [4.78, 5) is 22.7. The predicted molar refractivity (Wildman–Crippen MR) is 102 cm³/mol. The zero-order valence-electron chi connectivity index (χ0n) is 15.3. The second-order valence-electron chi connectivity index (χ2n) is 7.16. The van der Waals surface area contributed by atoms with Gasteiger partial charge in [-0.25, -0.2) is 0 Å². The van der Waals surface area contributed by atoms with Crippen molar-refractivity contribution in [2.24, 2.45) is 17.6 Å². The number of rotatable bonds is 6. The summed E-state index contributed by atoms with van der Waals surface area (Å²) in [5.74, 6) is 1.17. The van der Waals surface area contributed by atoms with Gasteiger partial charge in [0.25, 0.3) is 5.91 Å². The van der Waals surface area contributed by atoms with Crippen molar-refractivity contribution < 1.29 is 19.2 Å². The van der Waals surface area contributed by atoms with Crippen LogP contribution in [-0.2, 0) is 4.79 Å². The molecule has 0 spiro atoms. The Balaban J connectivity index is 0.00000261. The molecule has 3 N–H and O–H groups in total. The van der Waals surface area contributed by atoms with Gasteiger partial charge >= 0.3 is 5.69 Å². The Hall–Kier alpha value is -2.06. The van der Waals surface area contributed by atoms with E-state index in [1.54, 1.807) is 0 Å². The number of hydrogen-bond acceptors (Lipinski definition) is 6. The first-order valence-electron chi connectivity index (χ1n) is 8.98. The third kappa shape index (κ3) is 5.01. The summed E-state index contributed by atoms with van der Waals surface area (Å²) >= 11 is 0. The molecule has 9 heteroatoms. The molecule has 0 saturated heterocycles. The number of nitrogens with two attached hydrogens (primary N) is 1. The molecule has 1 amide bonds. The molecule has 2 atom stereocenters. The fourth-order valence-electron chi connectivity index (χ4n) is 4.30. The SMILES string of the molecule is COc1cc(OCC(=O)NC2C3CCCC2CC(N)C3)ccc1[N+](=O)[O-].Cl. The molecule has 0 aliphatic heterocycles. The van der Waals surface area contributed by atoms with E-state index in [0.29, 0.717) is 17.6 Å². The Bertz CT molecular complexity index is 673. The van der Waals surface area contributed by atoms with Crippen LogP contribution in [0.1, 0.15) is 32.1 Å². The highest BCUT2D eigenvalue weighted by Gasteiger charge is 2.39. The standard InChI is InChI=1S/C18H25N3O5.ClH/c1-25-16-9-14(5-6-15(16)21(23)24)26-10-17(22)20-18-11-3-2-4-12(18)8-13(19)7-11;/h5-6,9,11-13,18H,2-4,7-8,10,19H2,1H3,(H,20,22);1H. The van der Waals surface area contributed by atoms with E-state index in [4.69, 9.17) is 15.2 Å². The Morgan fingerprint density at radius 1 is 1.33 bits per heavy atom. The molecule has 2 aliphatic rings. The monoisotopic (exact) mass is 399 g/mol. The van der Waals surface area contributed by atoms with Crippen LogP contribution in [0.2, 0.25) is 0 Å². The predicted octanol–water partition coefficient (Wildman–Crippen LogP) is 2.43. The van der Waals surface area contributed by atoms with Crippen molar-refractivity contribution in [1.29, 1.82) is 0 Å². The van der Waals surface area contributed by atoms with Crippen molar-refractivity contribution in [3.05, 3.63) is 28.3 Å². The number of amides is 1. The number of ether oxygens (including phenoxy) is 2. The number of nitrogens with zero attached hydrogens (tertiary/aromatic N) is 1. The van der Waals surface area contributed by atoms with Gasteiger partial charge in [0, 0.05) is 24.2 Å². The van der Waals surface area contributed by atoms with Crippen LogP contribution in [0.25, 0.3) is 0 Å². The Morgan fingerprint density at radius 2 is 2.00 bits per heavy atom. The van der Waals surface area contributed by atoms with Crippen LogP contribution in [0.3, 0.4) is 0 Å². The van der Waals surface area contributed by atoms with Crippen LogP contribution in [0.5, 0.6) is 11.5 Å². The molecule has 0 heterocycles. The summed E-state index contributed by atoms with van der Waals surface area (Å²) in [6.45, 7) is -0.136. The molecular formula is C18H26ClN3O5. The van der Waals surface area contributed by atoms with Crippen molar-refractivity contribution in [3.63, 3.8) is 0 Å². The molecule has 2 bridgehead atoms. The molecular weight excluding hydrogens is 374 g/mol. The molecule has 2 unspecified atom stereocenters. The van der Waals surface area contributed by atoms with E-state index in [2.05, 4.69) is 5.32 Å². The van der Waals surface area contributed by atoms with Crippen molar-refractivity contribution in [2.75, 3.05) is 13.7 Å². The van der Waals surface area contributed by atoms with Crippen LogP contribution in [0.4, 0.5) is 5.69 Å². The highest BCUT2D eigenvalue weighted by molar-refractivity contribution is 5.85. The molecule has 2 fully saturated rings. The molecule has 3 rings (SSSR count). The maximum Gasteiger partial charge on any atom is 0.311 e. The van der Waals surface area contributed by atoms with E-state index in [1.165, 1.54) is 31.7 Å². The number of carbonyl (C=O) groups excluding carboxylic acids is 1. The summed E-state index contributed by atoms with van der Waals surface area (Å²) < 4.78 is 10.5. The summed E-state index contributed by atoms with van der Waals surface area (Å²) in [5, 5.41) is 14.0. The molecule has 8 nitrogen and oxygen atoms in total. The van der Waals surface area contributed by atoms with E-state index in [-0.39, 0.29) is 48.4 Å². The topological polar surface area (TPSA) is 117 Å². The summed E-state index contributed by atoms with van der Waals surface area (Å²) in [7, 11) is 1.35. The van der Waals surface area contributed by atoms with Crippen molar-refractivity contribution in [3.8, 4) is 11.5 Å². The lowest BCUT2D eigenvalue weighted by molar-refractivity contribution is -0.385. The minimum Gasteiger partial charge on any atom is -0.490 e. The van der Waals surface area contributed by atoms with Gasteiger partial charge in [0.2, 0.25) is 5.75 Å². The molecule has 0 aromatic heterocycles. The van der Waals surface area contributed by atoms with E-state index in [0.717, 1.165) is 25.7 Å². The van der Waals surface area contributed by atoms with Crippen LogP contribution in [-0.4, -0.2) is 36.6 Å². The maximum atomic E-state index is 12.3. The lowest BCUT2D eigenvalue weighted by atomic mass is 9.67. The summed E-state index contributed by atoms with van der Waals surface area (Å²) in [6, 6.07) is 4.59. The average Bonchev–Trinajstić information content (AvgIpc) is 2.60. The number of halogens is 1. The van der Waals surface area contributed by atoms with Gasteiger partial charge in [0.1, 0.15) is 5.75 Å². The lowest BCUT2D eigenvalue weighted by Gasteiger charge is -2.45. The summed E-state index contributed by atoms with van der Waals surface area (Å²) in [6.07, 6.45) is 5.34. The second-order valence-corrected chi connectivity index (χ2v) is 7.16. The first-order chi connectivity index (χ1) is 12.5. The van der Waals surface area contributed by atoms with Gasteiger partial charge in [-0.15, -0.1) is 12.4 Å². The minimum atomic E-state index is -0.526. The van der Waals surface area contributed by atoms with Crippen LogP contribution in [0.15, 0.2) is 18.2 Å². The van der Waals surface area contributed by atoms with Gasteiger partial charge in [-0.3, -0.25) is 14.9 Å². The lowest BCUT2D eigenvalue weighted by Crippen LogP contribution is -2.54. The van der Waals surface area contributed by atoms with Gasteiger partial charge in [-0.05, 0) is 43.6 Å². The number of nitro benzene ring substituents is 1. The van der Waals surface area contributed by atoms with Gasteiger partial charge in [-0.2, -0.15) is 0 Å². The fourth-order valence-corrected chi connectivity index (χ4v) is 4.30. The number of fused-ring (bicyclic) bond motifs is 2. The number of nitro groups is 1. The molecule has 2 aliphatic carbocycles. The van der Waals surface area contributed by atoms with E-state index >= 15 is 0 Å². The first kappa shape index (κ1) is 21.2.